The fourth-order valence-electron chi connectivity index (χ4n) is 4.53. The molecular formula is C30H30F3N5O4. The third-order valence-electron chi connectivity index (χ3n) is 7.13. The second-order valence-corrected chi connectivity index (χ2v) is 10.3. The maximum absolute atomic E-state index is 13.7. The molecule has 3 aromatic rings. The number of fused-ring (bicyclic) bond motifs is 1. The number of amides is 3. The summed E-state index contributed by atoms with van der Waals surface area (Å²) in [6.07, 6.45) is -3.56. The monoisotopic (exact) mass is 581 g/mol. The quantitative estimate of drug-likeness (QED) is 0.422. The van der Waals surface area contributed by atoms with Gasteiger partial charge in [-0.3, -0.25) is 4.79 Å². The lowest BCUT2D eigenvalue weighted by Gasteiger charge is -2.37. The number of likely N-dealkylation sites (N-methyl/N-ethyl adjacent to an activating group) is 1. The van der Waals surface area contributed by atoms with Crippen molar-refractivity contribution in [3.05, 3.63) is 77.5 Å². The standard InChI is InChI=1S/C30H30F3N5O4/c1-18-15-38(19(2)17-39)28(40)25-12-22(21-6-4-20(13-34)5-7-21)14-35-27(25)42-26(18)16-37(3)29(41)36-24-10-8-23(9-11-24)30(31,32)33/h4-12,14,18-19,26,39H,15-17H2,1-3H3,(H,36,41)/t18-,19-,26-/m0/s1. The van der Waals surface area contributed by atoms with Gasteiger partial charge in [0.05, 0.1) is 36.4 Å². The number of benzene rings is 2. The Bertz CT molecular complexity index is 1470. The smallest absolute Gasteiger partial charge is 0.416 e. The molecule has 0 bridgehead atoms. The van der Waals surface area contributed by atoms with Crippen molar-refractivity contribution in [2.24, 2.45) is 5.92 Å². The number of pyridine rings is 1. The van der Waals surface area contributed by atoms with Crippen LogP contribution >= 0.6 is 0 Å². The fourth-order valence-corrected chi connectivity index (χ4v) is 4.53. The largest absolute Gasteiger partial charge is 0.472 e. The van der Waals surface area contributed by atoms with Crippen LogP contribution in [0.5, 0.6) is 5.88 Å². The molecule has 0 aliphatic carbocycles. The van der Waals surface area contributed by atoms with Crippen LogP contribution in [0.4, 0.5) is 23.7 Å². The first-order valence-electron chi connectivity index (χ1n) is 13.2. The predicted molar refractivity (Wildman–Crippen MR) is 149 cm³/mol. The Morgan fingerprint density at radius 3 is 2.48 bits per heavy atom. The van der Waals surface area contributed by atoms with E-state index in [2.05, 4.69) is 16.4 Å². The topological polar surface area (TPSA) is 119 Å². The highest BCUT2D eigenvalue weighted by Crippen LogP contribution is 2.31. The van der Waals surface area contributed by atoms with E-state index in [-0.39, 0.29) is 48.7 Å². The molecule has 2 N–H and O–H groups in total. The first kappa shape index (κ1) is 30.3. The Hall–Kier alpha value is -4.63. The number of hydrogen-bond donors (Lipinski definition) is 2. The number of nitriles is 1. The van der Waals surface area contributed by atoms with E-state index in [1.54, 1.807) is 48.4 Å². The molecule has 2 heterocycles. The van der Waals surface area contributed by atoms with Gasteiger partial charge >= 0.3 is 12.2 Å². The third kappa shape index (κ3) is 6.80. The number of aromatic nitrogens is 1. The lowest BCUT2D eigenvalue weighted by Crippen LogP contribution is -2.50. The number of alkyl halides is 3. The summed E-state index contributed by atoms with van der Waals surface area (Å²) in [4.78, 5) is 33.9. The van der Waals surface area contributed by atoms with E-state index in [0.717, 1.165) is 17.7 Å². The Morgan fingerprint density at radius 1 is 1.21 bits per heavy atom. The lowest BCUT2D eigenvalue weighted by molar-refractivity contribution is -0.137. The fraction of sp³-hybridized carbons (Fsp3) is 0.333. The van der Waals surface area contributed by atoms with Crippen LogP contribution in [0.15, 0.2) is 60.8 Å². The van der Waals surface area contributed by atoms with Crippen LogP contribution in [0.1, 0.15) is 35.3 Å². The zero-order chi connectivity index (χ0) is 30.6. The third-order valence-corrected chi connectivity index (χ3v) is 7.13. The lowest BCUT2D eigenvalue weighted by atomic mass is 9.99. The van der Waals surface area contributed by atoms with Gasteiger partial charge in [-0.1, -0.05) is 19.1 Å². The molecule has 0 saturated heterocycles. The zero-order valence-corrected chi connectivity index (χ0v) is 23.2. The number of aliphatic hydroxyl groups is 1. The molecule has 0 unspecified atom stereocenters. The first-order valence-corrected chi connectivity index (χ1v) is 13.2. The van der Waals surface area contributed by atoms with Gasteiger partial charge in [-0.15, -0.1) is 0 Å². The predicted octanol–water partition coefficient (Wildman–Crippen LogP) is 5.02. The van der Waals surface area contributed by atoms with Gasteiger partial charge in [0.25, 0.3) is 5.91 Å². The Morgan fingerprint density at radius 2 is 1.88 bits per heavy atom. The molecule has 12 heteroatoms. The number of nitrogens with one attached hydrogen (secondary N) is 1. The molecule has 0 fully saturated rings. The number of anilines is 1. The number of carbonyl (C=O) groups excluding carboxylic acids is 2. The molecule has 9 nitrogen and oxygen atoms in total. The Labute approximate surface area is 241 Å². The van der Waals surface area contributed by atoms with Gasteiger partial charge < -0.3 is 25.0 Å². The summed E-state index contributed by atoms with van der Waals surface area (Å²) in [6.45, 7) is 3.61. The number of hydrogen-bond acceptors (Lipinski definition) is 6. The van der Waals surface area contributed by atoms with Crippen LogP contribution in [0.25, 0.3) is 11.1 Å². The van der Waals surface area contributed by atoms with Crippen LogP contribution in [-0.2, 0) is 6.18 Å². The molecule has 2 aromatic carbocycles. The first-order chi connectivity index (χ1) is 19.9. The molecule has 0 saturated carbocycles. The maximum Gasteiger partial charge on any atom is 0.416 e. The average molecular weight is 582 g/mol. The molecule has 42 heavy (non-hydrogen) atoms. The SMILES string of the molecule is C[C@H]1CN([C@@H](C)CO)C(=O)c2cc(-c3ccc(C#N)cc3)cnc2O[C@H]1CN(C)C(=O)Nc1ccc(C(F)(F)F)cc1. The van der Waals surface area contributed by atoms with Gasteiger partial charge in [0.15, 0.2) is 0 Å². The minimum Gasteiger partial charge on any atom is -0.472 e. The number of halogens is 3. The number of carbonyl (C=O) groups is 2. The van der Waals surface area contributed by atoms with Gasteiger partial charge in [-0.05, 0) is 55.0 Å². The van der Waals surface area contributed by atoms with Crippen molar-refractivity contribution >= 4 is 17.6 Å². The minimum absolute atomic E-state index is 0.0700. The minimum atomic E-state index is -4.49. The Kier molecular flexibility index (Phi) is 9.02. The molecule has 1 aliphatic rings. The van der Waals surface area contributed by atoms with E-state index >= 15 is 0 Å². The molecule has 0 radical (unpaired) electrons. The van der Waals surface area contributed by atoms with Gasteiger partial charge in [0, 0.05) is 37.0 Å². The van der Waals surface area contributed by atoms with E-state index in [9.17, 15) is 27.9 Å². The van der Waals surface area contributed by atoms with Crippen molar-refractivity contribution < 1.29 is 32.6 Å². The summed E-state index contributed by atoms with van der Waals surface area (Å²) >= 11 is 0. The molecule has 1 aliphatic heterocycles. The van der Waals surface area contributed by atoms with Crippen LogP contribution < -0.4 is 10.1 Å². The summed E-state index contributed by atoms with van der Waals surface area (Å²) in [5.74, 6) is -0.591. The highest BCUT2D eigenvalue weighted by Gasteiger charge is 2.35. The normalized spacial score (nSPS) is 17.7. The number of rotatable bonds is 6. The highest BCUT2D eigenvalue weighted by molar-refractivity contribution is 5.98. The summed E-state index contributed by atoms with van der Waals surface area (Å²) in [7, 11) is 1.52. The van der Waals surface area contributed by atoms with Gasteiger partial charge in [-0.25, -0.2) is 9.78 Å². The number of aliphatic hydroxyl groups excluding tert-OH is 1. The van der Waals surface area contributed by atoms with E-state index in [4.69, 9.17) is 10.00 Å². The van der Waals surface area contributed by atoms with Crippen LogP contribution in [0, 0.1) is 17.2 Å². The van der Waals surface area contributed by atoms with E-state index in [1.807, 2.05) is 6.92 Å². The summed E-state index contributed by atoms with van der Waals surface area (Å²) in [6, 6.07) is 13.6. The van der Waals surface area contributed by atoms with E-state index < -0.39 is 29.9 Å². The van der Waals surface area contributed by atoms with E-state index in [1.165, 1.54) is 24.1 Å². The second-order valence-electron chi connectivity index (χ2n) is 10.3. The maximum atomic E-state index is 13.7. The summed E-state index contributed by atoms with van der Waals surface area (Å²) in [5, 5.41) is 21.6. The summed E-state index contributed by atoms with van der Waals surface area (Å²) in [5.41, 5.74) is 1.42. The van der Waals surface area contributed by atoms with Crippen LogP contribution in [0.3, 0.4) is 0 Å². The van der Waals surface area contributed by atoms with Crippen LogP contribution in [-0.4, -0.2) is 70.7 Å². The molecule has 4 rings (SSSR count). The summed E-state index contributed by atoms with van der Waals surface area (Å²) < 4.78 is 44.8. The Balaban J connectivity index is 1.58. The molecular weight excluding hydrogens is 551 g/mol. The number of nitrogens with zero attached hydrogens (tertiary/aromatic N) is 4. The van der Waals surface area contributed by atoms with E-state index in [0.29, 0.717) is 11.1 Å². The zero-order valence-electron chi connectivity index (χ0n) is 23.2. The second kappa shape index (κ2) is 12.5. The van der Waals surface area contributed by atoms with Crippen molar-refractivity contribution in [1.82, 2.24) is 14.8 Å². The molecule has 3 atom stereocenters. The van der Waals surface area contributed by atoms with Crippen molar-refractivity contribution in [1.29, 1.82) is 5.26 Å². The molecule has 1 aromatic heterocycles. The highest BCUT2D eigenvalue weighted by atomic mass is 19.4. The van der Waals surface area contributed by atoms with Gasteiger partial charge in [0.1, 0.15) is 11.7 Å². The van der Waals surface area contributed by atoms with Crippen molar-refractivity contribution in [3.8, 4) is 23.1 Å². The number of urea groups is 1. The number of ether oxygens (including phenoxy) is 1. The molecule has 0 spiro atoms. The van der Waals surface area contributed by atoms with Crippen molar-refractivity contribution in [3.63, 3.8) is 0 Å². The van der Waals surface area contributed by atoms with Gasteiger partial charge in [-0.2, -0.15) is 18.4 Å². The average Bonchev–Trinajstić information content (AvgIpc) is 2.98. The van der Waals surface area contributed by atoms with Crippen molar-refractivity contribution in [2.75, 3.05) is 32.1 Å². The van der Waals surface area contributed by atoms with Crippen LogP contribution in [0.2, 0.25) is 0 Å². The molecule has 3 amide bonds. The van der Waals surface area contributed by atoms with Gasteiger partial charge in [0.2, 0.25) is 5.88 Å². The van der Waals surface area contributed by atoms with Crippen molar-refractivity contribution in [2.45, 2.75) is 32.2 Å². The molecule has 220 valence electrons.